The number of thiazole rings is 1. The summed E-state index contributed by atoms with van der Waals surface area (Å²) in [4.78, 5) is 32.3. The molecular formula is C22H20N2O4S2. The molecule has 0 amide bonds. The summed E-state index contributed by atoms with van der Waals surface area (Å²) in [5.41, 5.74) is 1.54. The summed E-state index contributed by atoms with van der Waals surface area (Å²) in [5.74, 6) is 0.231. The van der Waals surface area contributed by atoms with Crippen LogP contribution in [-0.4, -0.2) is 24.3 Å². The molecular weight excluding hydrogens is 420 g/mol. The van der Waals surface area contributed by atoms with Gasteiger partial charge < -0.3 is 9.47 Å². The molecule has 0 bridgehead atoms. The summed E-state index contributed by atoms with van der Waals surface area (Å²) >= 11 is 2.88. The molecule has 1 atom stereocenters. The fraction of sp³-hybridized carbons (Fsp3) is 0.227. The fourth-order valence-electron chi connectivity index (χ4n) is 3.40. The molecule has 4 rings (SSSR count). The van der Waals surface area contributed by atoms with E-state index >= 15 is 0 Å². The van der Waals surface area contributed by atoms with Crippen LogP contribution in [0.5, 0.6) is 5.75 Å². The summed E-state index contributed by atoms with van der Waals surface area (Å²) in [5, 5.41) is 1.96. The van der Waals surface area contributed by atoms with Crippen molar-refractivity contribution in [3.8, 4) is 5.75 Å². The predicted molar refractivity (Wildman–Crippen MR) is 118 cm³/mol. The average molecular weight is 441 g/mol. The minimum atomic E-state index is -0.614. The number of rotatable bonds is 5. The van der Waals surface area contributed by atoms with Crippen molar-refractivity contribution in [1.29, 1.82) is 0 Å². The molecule has 1 aliphatic rings. The third kappa shape index (κ3) is 3.64. The van der Waals surface area contributed by atoms with E-state index in [1.165, 1.54) is 11.3 Å². The van der Waals surface area contributed by atoms with E-state index in [9.17, 15) is 9.59 Å². The Morgan fingerprint density at radius 1 is 1.27 bits per heavy atom. The molecule has 0 saturated carbocycles. The van der Waals surface area contributed by atoms with Gasteiger partial charge in [0.15, 0.2) is 4.80 Å². The van der Waals surface area contributed by atoms with E-state index in [1.807, 2.05) is 47.9 Å². The number of nitrogens with zero attached hydrogens (tertiary/aromatic N) is 2. The Hall–Kier alpha value is -2.97. The van der Waals surface area contributed by atoms with Crippen molar-refractivity contribution in [3.05, 3.63) is 83.2 Å². The first-order chi connectivity index (χ1) is 14.5. The molecule has 0 saturated heterocycles. The zero-order chi connectivity index (χ0) is 21.3. The first-order valence-electron chi connectivity index (χ1n) is 9.40. The van der Waals surface area contributed by atoms with Crippen molar-refractivity contribution in [2.75, 3.05) is 13.7 Å². The molecule has 0 N–H and O–H groups in total. The molecule has 0 fully saturated rings. The summed E-state index contributed by atoms with van der Waals surface area (Å²) in [6.45, 7) is 3.78. The molecule has 6 nitrogen and oxygen atoms in total. The predicted octanol–water partition coefficient (Wildman–Crippen LogP) is 2.87. The van der Waals surface area contributed by atoms with E-state index < -0.39 is 12.0 Å². The molecule has 2 aromatic heterocycles. The van der Waals surface area contributed by atoms with Crippen LogP contribution in [0.3, 0.4) is 0 Å². The number of carbonyl (C=O) groups excluding carboxylic acids is 1. The lowest BCUT2D eigenvalue weighted by Crippen LogP contribution is -2.39. The van der Waals surface area contributed by atoms with Crippen molar-refractivity contribution in [3.63, 3.8) is 0 Å². The minimum absolute atomic E-state index is 0.178. The number of fused-ring (bicyclic) bond motifs is 1. The lowest BCUT2D eigenvalue weighted by molar-refractivity contribution is -0.139. The maximum atomic E-state index is 13.4. The molecule has 3 aromatic rings. The molecule has 0 radical (unpaired) electrons. The van der Waals surface area contributed by atoms with Gasteiger partial charge in [0.1, 0.15) is 5.75 Å². The van der Waals surface area contributed by atoms with Crippen LogP contribution in [0.15, 0.2) is 62.8 Å². The van der Waals surface area contributed by atoms with Crippen LogP contribution in [0.2, 0.25) is 0 Å². The lowest BCUT2D eigenvalue weighted by atomic mass is 9.96. The first kappa shape index (κ1) is 20.3. The van der Waals surface area contributed by atoms with Crippen LogP contribution >= 0.6 is 22.7 Å². The van der Waals surface area contributed by atoms with Crippen LogP contribution in [-0.2, 0) is 9.53 Å². The van der Waals surface area contributed by atoms with Crippen LogP contribution in [0.25, 0.3) is 6.08 Å². The van der Waals surface area contributed by atoms with Crippen LogP contribution < -0.4 is 19.6 Å². The summed E-state index contributed by atoms with van der Waals surface area (Å²) in [7, 11) is 1.59. The second kappa shape index (κ2) is 8.41. The number of aromatic nitrogens is 1. The number of methoxy groups -OCH3 is 1. The van der Waals surface area contributed by atoms with Gasteiger partial charge in [0, 0.05) is 4.88 Å². The molecule has 154 valence electrons. The molecule has 0 spiro atoms. The molecule has 0 aliphatic carbocycles. The number of ether oxygens (including phenoxy) is 2. The Balaban J connectivity index is 1.95. The number of hydrogen-bond donors (Lipinski definition) is 0. The summed E-state index contributed by atoms with van der Waals surface area (Å²) in [6.07, 6.45) is 1.86. The van der Waals surface area contributed by atoms with Gasteiger partial charge in [0.05, 0.1) is 35.6 Å². The van der Waals surface area contributed by atoms with Gasteiger partial charge in [-0.3, -0.25) is 9.36 Å². The first-order valence-corrected chi connectivity index (χ1v) is 11.1. The maximum absolute atomic E-state index is 13.4. The van der Waals surface area contributed by atoms with Crippen molar-refractivity contribution in [2.45, 2.75) is 19.9 Å². The monoisotopic (exact) mass is 440 g/mol. The summed E-state index contributed by atoms with van der Waals surface area (Å²) < 4.78 is 12.7. The Morgan fingerprint density at radius 2 is 2.03 bits per heavy atom. The largest absolute Gasteiger partial charge is 0.497 e. The van der Waals surface area contributed by atoms with Crippen LogP contribution in [0.4, 0.5) is 0 Å². The Kier molecular flexibility index (Phi) is 5.69. The molecule has 0 unspecified atom stereocenters. The molecule has 30 heavy (non-hydrogen) atoms. The van der Waals surface area contributed by atoms with Crippen molar-refractivity contribution in [2.24, 2.45) is 4.99 Å². The van der Waals surface area contributed by atoms with Gasteiger partial charge in [-0.2, -0.15) is 0 Å². The number of benzene rings is 1. The van der Waals surface area contributed by atoms with Gasteiger partial charge in [-0.05, 0) is 49.1 Å². The second-order valence-electron chi connectivity index (χ2n) is 6.59. The minimum Gasteiger partial charge on any atom is -0.497 e. The van der Waals surface area contributed by atoms with Gasteiger partial charge >= 0.3 is 5.97 Å². The highest BCUT2D eigenvalue weighted by molar-refractivity contribution is 7.11. The number of thiophene rings is 1. The Labute approximate surface area is 181 Å². The number of carbonyl (C=O) groups is 1. The third-order valence-corrected chi connectivity index (χ3v) is 6.57. The van der Waals surface area contributed by atoms with Gasteiger partial charge in [0.2, 0.25) is 0 Å². The smallest absolute Gasteiger partial charge is 0.338 e. The van der Waals surface area contributed by atoms with E-state index in [0.29, 0.717) is 26.4 Å². The van der Waals surface area contributed by atoms with E-state index in [-0.39, 0.29) is 12.2 Å². The number of allylic oxidation sites excluding steroid dienone is 1. The summed E-state index contributed by atoms with van der Waals surface area (Å²) in [6, 6.07) is 10.6. The Bertz CT molecular complexity index is 1280. The molecule has 1 aromatic carbocycles. The van der Waals surface area contributed by atoms with E-state index in [0.717, 1.165) is 10.4 Å². The van der Waals surface area contributed by atoms with E-state index in [4.69, 9.17) is 9.47 Å². The van der Waals surface area contributed by atoms with Gasteiger partial charge in [-0.15, -0.1) is 11.3 Å². The highest BCUT2D eigenvalue weighted by atomic mass is 32.1. The fourth-order valence-corrected chi connectivity index (χ4v) is 5.17. The average Bonchev–Trinajstić information content (AvgIpc) is 3.36. The zero-order valence-corrected chi connectivity index (χ0v) is 18.4. The van der Waals surface area contributed by atoms with E-state index in [2.05, 4.69) is 4.99 Å². The Morgan fingerprint density at radius 3 is 2.67 bits per heavy atom. The second-order valence-corrected chi connectivity index (χ2v) is 8.58. The third-order valence-electron chi connectivity index (χ3n) is 4.77. The standard InChI is InChI=1S/C22H20N2O4S2/c1-4-28-21(26)18-13(2)23-22-24(19(18)14-7-9-15(27-3)10-8-14)20(25)17(30-22)12-16-6-5-11-29-16/h5-12,19H,4H2,1-3H3/b17-12-/t19-/m1/s1. The normalized spacial score (nSPS) is 16.2. The van der Waals surface area contributed by atoms with Gasteiger partial charge in [-0.1, -0.05) is 29.5 Å². The highest BCUT2D eigenvalue weighted by Gasteiger charge is 2.33. The quantitative estimate of drug-likeness (QED) is 0.572. The van der Waals surface area contributed by atoms with Crippen molar-refractivity contribution < 1.29 is 14.3 Å². The lowest BCUT2D eigenvalue weighted by Gasteiger charge is -2.24. The number of esters is 1. The number of hydrogen-bond acceptors (Lipinski definition) is 7. The highest BCUT2D eigenvalue weighted by Crippen LogP contribution is 2.31. The zero-order valence-electron chi connectivity index (χ0n) is 16.7. The van der Waals surface area contributed by atoms with Crippen LogP contribution in [0.1, 0.15) is 30.3 Å². The molecule has 8 heteroatoms. The molecule has 1 aliphatic heterocycles. The van der Waals surface area contributed by atoms with Gasteiger partial charge in [0.25, 0.3) is 5.56 Å². The van der Waals surface area contributed by atoms with Crippen molar-refractivity contribution >= 4 is 34.7 Å². The maximum Gasteiger partial charge on any atom is 0.338 e. The van der Waals surface area contributed by atoms with Crippen molar-refractivity contribution in [1.82, 2.24) is 4.57 Å². The van der Waals surface area contributed by atoms with Crippen LogP contribution in [0, 0.1) is 0 Å². The molecule has 3 heterocycles. The SMILES string of the molecule is CCOC(=O)C1=C(C)N=c2s/c(=C\c3cccs3)c(=O)n2[C@@H]1c1ccc(OC)cc1. The van der Waals surface area contributed by atoms with Gasteiger partial charge in [-0.25, -0.2) is 9.79 Å². The topological polar surface area (TPSA) is 69.9 Å². The van der Waals surface area contributed by atoms with E-state index in [1.54, 1.807) is 36.9 Å².